The van der Waals surface area contributed by atoms with Crippen molar-refractivity contribution in [2.45, 2.75) is 90.6 Å². The Bertz CT molecular complexity index is 1540. The second kappa shape index (κ2) is 9.47. The molecule has 0 heterocycles. The van der Waals surface area contributed by atoms with Gasteiger partial charge in [-0.05, 0) is 64.5 Å². The number of carbonyl (C=O) groups excluding carboxylic acids is 2. The Hall–Kier alpha value is -2.07. The lowest BCUT2D eigenvalue weighted by Gasteiger charge is -2.39. The summed E-state index contributed by atoms with van der Waals surface area (Å²) in [5, 5.41) is 51.6. The third-order valence-electron chi connectivity index (χ3n) is 11.4. The minimum Gasteiger partial charge on any atom is -0.387 e. The highest BCUT2D eigenvalue weighted by molar-refractivity contribution is 7.83. The summed E-state index contributed by atoms with van der Waals surface area (Å²) < 4.78 is 32.7. The maximum atomic E-state index is 12.7. The van der Waals surface area contributed by atoms with Crippen molar-refractivity contribution in [1.29, 1.82) is 0 Å². The number of aliphatic hydroxyl groups excluding tert-OH is 2. The lowest BCUT2D eigenvalue weighted by atomic mass is 9.67. The minimum absolute atomic E-state index is 0.150. The number of Topliss-reactive ketones (excluding diaryl/α,β-unsaturated/α-hetero) is 2. The quantitative estimate of drug-likeness (QED) is 0.159. The van der Waals surface area contributed by atoms with Gasteiger partial charge in [-0.2, -0.15) is 13.1 Å². The zero-order chi connectivity index (χ0) is 32.3. The van der Waals surface area contributed by atoms with Crippen molar-refractivity contribution < 1.29 is 48.2 Å². The molecule has 0 aromatic rings. The molecule has 0 bridgehead atoms. The van der Waals surface area contributed by atoms with E-state index in [9.17, 15) is 38.4 Å². The van der Waals surface area contributed by atoms with Crippen LogP contribution in [0.15, 0.2) is 45.6 Å². The molecule has 6 atom stereocenters. The SMILES string of the molecule is CC1=C2C(=C[C@@](C)(CNO)[C@@H]2O)C(=O)[C@](C)(O)C12CC2.CC1=C2C(=C[C@@](C)(CNS(=O)(=O)O)[C@@H]2O)C(=O)[C@](C)(O)C12CC2. The van der Waals surface area contributed by atoms with Crippen LogP contribution in [0, 0.1) is 21.7 Å². The van der Waals surface area contributed by atoms with Crippen molar-refractivity contribution in [3.63, 3.8) is 0 Å². The fourth-order valence-corrected chi connectivity index (χ4v) is 8.50. The van der Waals surface area contributed by atoms with Crippen LogP contribution < -0.4 is 10.2 Å². The Labute approximate surface area is 251 Å². The lowest BCUT2D eigenvalue weighted by Crippen LogP contribution is -2.50. The first-order valence-electron chi connectivity index (χ1n) is 14.5. The molecule has 6 rings (SSSR count). The number of carbonyl (C=O) groups is 2. The molecule has 2 spiro atoms. The summed E-state index contributed by atoms with van der Waals surface area (Å²) in [5.74, 6) is -0.749. The fourth-order valence-electron chi connectivity index (χ4n) is 8.01. The molecule has 6 aliphatic carbocycles. The maximum absolute atomic E-state index is 12.7. The number of aliphatic hydroxyl groups is 4. The molecular weight excluding hydrogens is 580 g/mol. The third kappa shape index (κ3) is 4.35. The second-order valence-electron chi connectivity index (χ2n) is 14.1. The van der Waals surface area contributed by atoms with Crippen molar-refractivity contribution in [1.82, 2.24) is 10.2 Å². The van der Waals surface area contributed by atoms with Crippen molar-refractivity contribution >= 4 is 21.9 Å². The van der Waals surface area contributed by atoms with E-state index in [-0.39, 0.29) is 24.4 Å². The second-order valence-corrected chi connectivity index (χ2v) is 15.3. The van der Waals surface area contributed by atoms with E-state index in [1.54, 1.807) is 26.8 Å². The van der Waals surface area contributed by atoms with Crippen LogP contribution in [0.4, 0.5) is 0 Å². The number of hydrogen-bond donors (Lipinski definition) is 8. The highest BCUT2D eigenvalue weighted by Gasteiger charge is 2.67. The first-order chi connectivity index (χ1) is 19.6. The zero-order valence-electron chi connectivity index (χ0n) is 25.3. The van der Waals surface area contributed by atoms with Crippen LogP contribution in [0.25, 0.3) is 0 Å². The number of nitrogens with one attached hydrogen (secondary N) is 2. The minimum atomic E-state index is -4.41. The van der Waals surface area contributed by atoms with Crippen LogP contribution in [-0.2, 0) is 19.9 Å². The predicted molar refractivity (Wildman–Crippen MR) is 154 cm³/mol. The molecule has 0 aromatic heterocycles. The molecule has 0 amide bonds. The summed E-state index contributed by atoms with van der Waals surface area (Å²) in [6.45, 7) is 10.1. The van der Waals surface area contributed by atoms with Gasteiger partial charge in [-0.25, -0.2) is 5.48 Å². The normalized spacial score (nSPS) is 40.3. The van der Waals surface area contributed by atoms with Gasteiger partial charge in [-0.3, -0.25) is 14.1 Å². The summed E-state index contributed by atoms with van der Waals surface area (Å²) in [7, 11) is -4.41. The number of hydroxylamine groups is 1. The fraction of sp³-hybridized carbons (Fsp3) is 0.667. The molecule has 0 saturated heterocycles. The van der Waals surface area contributed by atoms with E-state index in [1.807, 2.05) is 18.6 Å². The first-order valence-corrected chi connectivity index (χ1v) is 15.9. The summed E-state index contributed by atoms with van der Waals surface area (Å²) in [6.07, 6.45) is 4.18. The molecule has 13 heteroatoms. The van der Waals surface area contributed by atoms with Crippen molar-refractivity contribution in [2.75, 3.05) is 13.1 Å². The van der Waals surface area contributed by atoms with E-state index in [2.05, 4.69) is 5.48 Å². The van der Waals surface area contributed by atoms with E-state index in [4.69, 9.17) is 9.76 Å². The molecule has 238 valence electrons. The van der Waals surface area contributed by atoms with Crippen LogP contribution >= 0.6 is 0 Å². The van der Waals surface area contributed by atoms with Gasteiger partial charge >= 0.3 is 10.3 Å². The van der Waals surface area contributed by atoms with Gasteiger partial charge in [-0.15, -0.1) is 0 Å². The average molecular weight is 623 g/mol. The molecule has 8 N–H and O–H groups in total. The van der Waals surface area contributed by atoms with Crippen LogP contribution in [0.2, 0.25) is 0 Å². The van der Waals surface area contributed by atoms with Gasteiger partial charge < -0.3 is 25.6 Å². The third-order valence-corrected chi connectivity index (χ3v) is 11.9. The highest BCUT2D eigenvalue weighted by Crippen LogP contribution is 2.66. The molecule has 0 unspecified atom stereocenters. The van der Waals surface area contributed by atoms with Crippen LogP contribution in [0.3, 0.4) is 0 Å². The Morgan fingerprint density at radius 2 is 1.12 bits per heavy atom. The summed E-state index contributed by atoms with van der Waals surface area (Å²) in [6, 6.07) is 0. The standard InChI is InChI=1S/C15H21NO6S.C15H21NO4/c1-8-10-9(11(17)14(3,19)15(8)4-5-15)6-13(2,12(10)18)7-16-23(20,21)22;1-8-10-9(6-13(2,7-16-20)12(10)18)11(17)14(3,19)15(8)4-5-15/h6,12,16,18-19H,4-5,7H2,1-3H3,(H,20,21,22);6,12,16,18-20H,4-5,7H2,1-3H3/t2*12-,13+,14+/m11/s1. The smallest absolute Gasteiger partial charge is 0.333 e. The van der Waals surface area contributed by atoms with Gasteiger partial charge in [0, 0.05) is 45.9 Å². The molecule has 12 nitrogen and oxygen atoms in total. The lowest BCUT2D eigenvalue weighted by molar-refractivity contribution is -0.138. The van der Waals surface area contributed by atoms with Gasteiger partial charge in [0.15, 0.2) is 11.6 Å². The number of rotatable bonds is 5. The number of hydrogen-bond acceptors (Lipinski definition) is 10. The maximum Gasteiger partial charge on any atom is 0.333 e. The molecule has 6 aliphatic rings. The van der Waals surface area contributed by atoms with Crippen molar-refractivity contribution in [2.24, 2.45) is 21.7 Å². The largest absolute Gasteiger partial charge is 0.387 e. The van der Waals surface area contributed by atoms with Crippen molar-refractivity contribution in [3.8, 4) is 0 Å². The zero-order valence-corrected chi connectivity index (χ0v) is 26.1. The van der Waals surface area contributed by atoms with Gasteiger partial charge in [0.1, 0.15) is 11.2 Å². The number of ketones is 2. The monoisotopic (exact) mass is 622 g/mol. The van der Waals surface area contributed by atoms with E-state index in [0.29, 0.717) is 29.6 Å². The molecule has 2 saturated carbocycles. The topological polar surface area (TPSA) is 214 Å². The first kappa shape index (κ1) is 32.3. The Morgan fingerprint density at radius 1 is 0.767 bits per heavy atom. The number of fused-ring (bicyclic) bond motifs is 2. The molecule has 43 heavy (non-hydrogen) atoms. The summed E-state index contributed by atoms with van der Waals surface area (Å²) in [4.78, 5) is 25.3. The van der Waals surface area contributed by atoms with Gasteiger partial charge in [0.05, 0.1) is 12.2 Å². The van der Waals surface area contributed by atoms with E-state index in [0.717, 1.165) is 24.0 Å². The van der Waals surface area contributed by atoms with Gasteiger partial charge in [-0.1, -0.05) is 37.1 Å². The van der Waals surface area contributed by atoms with E-state index in [1.165, 1.54) is 13.0 Å². The summed E-state index contributed by atoms with van der Waals surface area (Å²) in [5.41, 5.74) is -0.290. The summed E-state index contributed by atoms with van der Waals surface area (Å²) >= 11 is 0. The Kier molecular flexibility index (Phi) is 7.12. The van der Waals surface area contributed by atoms with Crippen LogP contribution in [-0.4, -0.2) is 86.7 Å². The molecule has 0 aliphatic heterocycles. The average Bonchev–Trinajstić information content (AvgIpc) is 3.82. The van der Waals surface area contributed by atoms with E-state index >= 15 is 0 Å². The van der Waals surface area contributed by atoms with Crippen molar-refractivity contribution in [3.05, 3.63) is 45.6 Å². The van der Waals surface area contributed by atoms with Gasteiger partial charge in [0.25, 0.3) is 0 Å². The molecular formula is C30H42N2O10S. The van der Waals surface area contributed by atoms with Crippen LogP contribution in [0.1, 0.15) is 67.2 Å². The van der Waals surface area contributed by atoms with Gasteiger partial charge in [0.2, 0.25) is 0 Å². The molecule has 0 aromatic carbocycles. The Balaban J connectivity index is 0.000000173. The Morgan fingerprint density at radius 3 is 1.42 bits per heavy atom. The van der Waals surface area contributed by atoms with Crippen LogP contribution in [0.5, 0.6) is 0 Å². The predicted octanol–water partition coefficient (Wildman–Crippen LogP) is 0.819. The molecule has 0 radical (unpaired) electrons. The van der Waals surface area contributed by atoms with E-state index < -0.39 is 61.2 Å². The molecule has 2 fully saturated rings. The highest BCUT2D eigenvalue weighted by atomic mass is 32.2.